The highest BCUT2D eigenvalue weighted by atomic mass is 35.5. The predicted octanol–water partition coefficient (Wildman–Crippen LogP) is 2.94. The molecule has 0 spiro atoms. The minimum atomic E-state index is 0.477. The van der Waals surface area contributed by atoms with E-state index in [1.165, 1.54) is 0 Å². The standard InChI is InChI=1S/C9H7ClN2S/c10-4-9-12-6-8(13-9)7-2-1-3-11-5-7/h1-3,5-6H,4H2. The summed E-state index contributed by atoms with van der Waals surface area (Å²) >= 11 is 7.26. The zero-order chi connectivity index (χ0) is 9.10. The van der Waals surface area contributed by atoms with Crippen molar-refractivity contribution in [1.82, 2.24) is 9.97 Å². The molecule has 2 aromatic rings. The number of hydrogen-bond acceptors (Lipinski definition) is 3. The summed E-state index contributed by atoms with van der Waals surface area (Å²) in [6, 6.07) is 3.92. The van der Waals surface area contributed by atoms with Crippen molar-refractivity contribution in [3.05, 3.63) is 35.7 Å². The molecule has 0 unspecified atom stereocenters. The Bertz CT molecular complexity index is 386. The van der Waals surface area contributed by atoms with Crippen molar-refractivity contribution < 1.29 is 0 Å². The second-order valence-electron chi connectivity index (χ2n) is 2.49. The molecule has 66 valence electrons. The van der Waals surface area contributed by atoms with Gasteiger partial charge in [0.05, 0.1) is 10.8 Å². The van der Waals surface area contributed by atoms with Crippen molar-refractivity contribution in [1.29, 1.82) is 0 Å². The van der Waals surface area contributed by atoms with Gasteiger partial charge in [-0.2, -0.15) is 0 Å². The molecule has 0 N–H and O–H groups in total. The normalized spacial score (nSPS) is 10.2. The summed E-state index contributed by atoms with van der Waals surface area (Å²) in [5, 5.41) is 0.945. The lowest BCUT2D eigenvalue weighted by Gasteiger charge is -1.92. The lowest BCUT2D eigenvalue weighted by atomic mass is 10.3. The first-order valence-corrected chi connectivity index (χ1v) is 5.16. The number of nitrogens with zero attached hydrogens (tertiary/aromatic N) is 2. The Morgan fingerprint density at radius 2 is 2.31 bits per heavy atom. The number of hydrogen-bond donors (Lipinski definition) is 0. The van der Waals surface area contributed by atoms with Crippen LogP contribution in [0.4, 0.5) is 0 Å². The van der Waals surface area contributed by atoms with E-state index in [1.807, 2.05) is 24.5 Å². The Hall–Kier alpha value is -0.930. The van der Waals surface area contributed by atoms with Crippen molar-refractivity contribution in [3.63, 3.8) is 0 Å². The first-order chi connectivity index (χ1) is 6.40. The van der Waals surface area contributed by atoms with E-state index in [2.05, 4.69) is 9.97 Å². The van der Waals surface area contributed by atoms with Crippen LogP contribution in [0.5, 0.6) is 0 Å². The molecule has 0 aromatic carbocycles. The second kappa shape index (κ2) is 3.85. The van der Waals surface area contributed by atoms with E-state index in [-0.39, 0.29) is 0 Å². The van der Waals surface area contributed by atoms with Crippen LogP contribution in [-0.4, -0.2) is 9.97 Å². The van der Waals surface area contributed by atoms with Gasteiger partial charge in [0.1, 0.15) is 5.01 Å². The Balaban J connectivity index is 2.36. The number of aromatic nitrogens is 2. The Morgan fingerprint density at radius 3 is 2.92 bits per heavy atom. The molecule has 2 heterocycles. The van der Waals surface area contributed by atoms with Gasteiger partial charge >= 0.3 is 0 Å². The minimum Gasteiger partial charge on any atom is -0.264 e. The maximum atomic E-state index is 5.66. The minimum absolute atomic E-state index is 0.477. The molecule has 4 heteroatoms. The van der Waals surface area contributed by atoms with E-state index in [9.17, 15) is 0 Å². The van der Waals surface area contributed by atoms with Gasteiger partial charge in [0, 0.05) is 24.2 Å². The van der Waals surface area contributed by atoms with Crippen LogP contribution in [0.15, 0.2) is 30.7 Å². The predicted molar refractivity (Wildman–Crippen MR) is 54.9 cm³/mol. The summed E-state index contributed by atoms with van der Waals surface area (Å²) in [6.07, 6.45) is 5.41. The zero-order valence-electron chi connectivity index (χ0n) is 6.77. The van der Waals surface area contributed by atoms with Gasteiger partial charge in [-0.25, -0.2) is 4.98 Å². The van der Waals surface area contributed by atoms with Crippen molar-refractivity contribution in [2.24, 2.45) is 0 Å². The largest absolute Gasteiger partial charge is 0.264 e. The van der Waals surface area contributed by atoms with Gasteiger partial charge in [-0.3, -0.25) is 4.98 Å². The first-order valence-electron chi connectivity index (χ1n) is 3.81. The molecule has 0 aliphatic carbocycles. The quantitative estimate of drug-likeness (QED) is 0.713. The molecule has 2 aromatic heterocycles. The molecule has 0 fully saturated rings. The topological polar surface area (TPSA) is 25.8 Å². The smallest absolute Gasteiger partial charge is 0.108 e. The molecule has 0 atom stereocenters. The van der Waals surface area contributed by atoms with Crippen molar-refractivity contribution in [2.75, 3.05) is 0 Å². The van der Waals surface area contributed by atoms with Gasteiger partial charge < -0.3 is 0 Å². The van der Waals surface area contributed by atoms with E-state index in [1.54, 1.807) is 17.5 Å². The summed E-state index contributed by atoms with van der Waals surface area (Å²) in [5.74, 6) is 0.477. The van der Waals surface area contributed by atoms with Gasteiger partial charge in [0.25, 0.3) is 0 Å². The molecule has 2 rings (SSSR count). The fourth-order valence-electron chi connectivity index (χ4n) is 1.01. The molecule has 0 aliphatic heterocycles. The van der Waals surface area contributed by atoms with Gasteiger partial charge in [-0.15, -0.1) is 22.9 Å². The highest BCUT2D eigenvalue weighted by Crippen LogP contribution is 2.25. The van der Waals surface area contributed by atoms with E-state index in [0.717, 1.165) is 15.4 Å². The van der Waals surface area contributed by atoms with Crippen LogP contribution < -0.4 is 0 Å². The molecule has 0 bridgehead atoms. The molecular weight excluding hydrogens is 204 g/mol. The lowest BCUT2D eigenvalue weighted by Crippen LogP contribution is -1.72. The Morgan fingerprint density at radius 1 is 1.38 bits per heavy atom. The second-order valence-corrected chi connectivity index (χ2v) is 3.88. The Kier molecular flexibility index (Phi) is 2.57. The monoisotopic (exact) mass is 210 g/mol. The van der Waals surface area contributed by atoms with Crippen LogP contribution in [0.25, 0.3) is 10.4 Å². The molecule has 0 radical (unpaired) electrons. The average molecular weight is 211 g/mol. The van der Waals surface area contributed by atoms with Crippen molar-refractivity contribution in [2.45, 2.75) is 5.88 Å². The van der Waals surface area contributed by atoms with Crippen molar-refractivity contribution in [3.8, 4) is 10.4 Å². The summed E-state index contributed by atoms with van der Waals surface area (Å²) < 4.78 is 0. The van der Waals surface area contributed by atoms with Gasteiger partial charge in [-0.05, 0) is 6.07 Å². The van der Waals surface area contributed by atoms with Crippen LogP contribution >= 0.6 is 22.9 Å². The number of pyridine rings is 1. The lowest BCUT2D eigenvalue weighted by molar-refractivity contribution is 1.26. The highest BCUT2D eigenvalue weighted by Gasteiger charge is 2.02. The number of thiazole rings is 1. The summed E-state index contributed by atoms with van der Waals surface area (Å²) in [7, 11) is 0. The van der Waals surface area contributed by atoms with Gasteiger partial charge in [0.2, 0.25) is 0 Å². The maximum absolute atomic E-state index is 5.66. The van der Waals surface area contributed by atoms with Gasteiger partial charge in [0.15, 0.2) is 0 Å². The maximum Gasteiger partial charge on any atom is 0.108 e. The SMILES string of the molecule is ClCc1ncc(-c2cccnc2)s1. The third-order valence-electron chi connectivity index (χ3n) is 1.61. The summed E-state index contributed by atoms with van der Waals surface area (Å²) in [6.45, 7) is 0. The fraction of sp³-hybridized carbons (Fsp3) is 0.111. The molecule has 0 saturated heterocycles. The van der Waals surface area contributed by atoms with Crippen LogP contribution in [-0.2, 0) is 5.88 Å². The van der Waals surface area contributed by atoms with Gasteiger partial charge in [-0.1, -0.05) is 6.07 Å². The zero-order valence-corrected chi connectivity index (χ0v) is 8.35. The first kappa shape index (κ1) is 8.66. The van der Waals surface area contributed by atoms with Crippen LogP contribution in [0.3, 0.4) is 0 Å². The molecule has 0 saturated carbocycles. The number of rotatable bonds is 2. The number of alkyl halides is 1. The number of halogens is 1. The van der Waals surface area contributed by atoms with Crippen molar-refractivity contribution >= 4 is 22.9 Å². The molecule has 13 heavy (non-hydrogen) atoms. The third-order valence-corrected chi connectivity index (χ3v) is 3.07. The van der Waals surface area contributed by atoms with Crippen LogP contribution in [0.1, 0.15) is 5.01 Å². The molecule has 0 amide bonds. The molecular formula is C9H7ClN2S. The van der Waals surface area contributed by atoms with E-state index < -0.39 is 0 Å². The fourth-order valence-corrected chi connectivity index (χ4v) is 2.00. The van der Waals surface area contributed by atoms with E-state index in [0.29, 0.717) is 5.88 Å². The average Bonchev–Trinajstić information content (AvgIpc) is 2.67. The van der Waals surface area contributed by atoms with Crippen LogP contribution in [0.2, 0.25) is 0 Å². The van der Waals surface area contributed by atoms with Crippen LogP contribution in [0, 0.1) is 0 Å². The molecule has 2 nitrogen and oxygen atoms in total. The summed E-state index contributed by atoms with van der Waals surface area (Å²) in [5.41, 5.74) is 1.09. The third kappa shape index (κ3) is 1.87. The van der Waals surface area contributed by atoms with E-state index in [4.69, 9.17) is 11.6 Å². The van der Waals surface area contributed by atoms with E-state index >= 15 is 0 Å². The summed E-state index contributed by atoms with van der Waals surface area (Å²) in [4.78, 5) is 9.33. The highest BCUT2D eigenvalue weighted by molar-refractivity contribution is 7.15. The molecule has 0 aliphatic rings. The Labute approximate surface area is 85.2 Å².